The predicted molar refractivity (Wildman–Crippen MR) is 125 cm³/mol. The minimum Gasteiger partial charge on any atom is -0.330 e. The van der Waals surface area contributed by atoms with Gasteiger partial charge < -0.3 is 10.2 Å². The number of hydrogen-bond donors (Lipinski definition) is 1. The van der Waals surface area contributed by atoms with Crippen molar-refractivity contribution in [1.29, 1.82) is 0 Å². The molecule has 0 bridgehead atoms. The molecule has 1 unspecified atom stereocenters. The van der Waals surface area contributed by atoms with Crippen molar-refractivity contribution in [2.75, 3.05) is 5.32 Å². The number of carbonyl (C=O) groups is 2. The van der Waals surface area contributed by atoms with Crippen LogP contribution < -0.4 is 5.32 Å². The third-order valence-corrected chi connectivity index (χ3v) is 5.48. The molecule has 1 aromatic heterocycles. The summed E-state index contributed by atoms with van der Waals surface area (Å²) in [7, 11) is 0. The van der Waals surface area contributed by atoms with Gasteiger partial charge in [-0.25, -0.2) is 0 Å². The third kappa shape index (κ3) is 5.62. The number of benzene rings is 2. The van der Waals surface area contributed by atoms with Gasteiger partial charge in [-0.1, -0.05) is 42.5 Å². The smallest absolute Gasteiger partial charge is 0.312 e. The van der Waals surface area contributed by atoms with Crippen LogP contribution in [-0.2, 0) is 22.7 Å². The highest BCUT2D eigenvalue weighted by Gasteiger charge is 2.27. The lowest BCUT2D eigenvalue weighted by Gasteiger charge is -2.30. The van der Waals surface area contributed by atoms with Crippen LogP contribution in [-0.4, -0.2) is 31.4 Å². The van der Waals surface area contributed by atoms with Gasteiger partial charge in [0.25, 0.3) is 0 Å². The van der Waals surface area contributed by atoms with E-state index in [0.717, 1.165) is 11.1 Å². The van der Waals surface area contributed by atoms with Gasteiger partial charge in [0, 0.05) is 19.2 Å². The summed E-state index contributed by atoms with van der Waals surface area (Å²) >= 11 is 0. The van der Waals surface area contributed by atoms with Gasteiger partial charge in [-0.15, -0.1) is 0 Å². The Balaban J connectivity index is 1.93. The first kappa shape index (κ1) is 23.6. The van der Waals surface area contributed by atoms with Crippen molar-refractivity contribution in [2.24, 2.45) is 0 Å². The van der Waals surface area contributed by atoms with Gasteiger partial charge in [-0.2, -0.15) is 5.10 Å². The van der Waals surface area contributed by atoms with Crippen LogP contribution in [0.3, 0.4) is 0 Å². The molecule has 2 amide bonds. The van der Waals surface area contributed by atoms with E-state index < -0.39 is 4.92 Å². The summed E-state index contributed by atoms with van der Waals surface area (Å²) in [6.07, 6.45) is 0. The molecule has 2 aromatic carbocycles. The molecule has 0 aliphatic heterocycles. The number of nitrogens with zero attached hydrogens (tertiary/aromatic N) is 4. The Morgan fingerprint density at radius 2 is 1.85 bits per heavy atom. The lowest BCUT2D eigenvalue weighted by Crippen LogP contribution is -2.36. The average Bonchev–Trinajstić information content (AvgIpc) is 3.04. The summed E-state index contributed by atoms with van der Waals surface area (Å²) in [6, 6.07) is 16.6. The van der Waals surface area contributed by atoms with Gasteiger partial charge in [0.1, 0.15) is 17.9 Å². The number of carbonyl (C=O) groups excluding carboxylic acids is 2. The molecule has 0 saturated heterocycles. The molecule has 33 heavy (non-hydrogen) atoms. The third-order valence-electron chi connectivity index (χ3n) is 5.48. The number of hydrogen-bond acceptors (Lipinski definition) is 5. The monoisotopic (exact) mass is 449 g/mol. The van der Waals surface area contributed by atoms with Gasteiger partial charge in [0.15, 0.2) is 0 Å². The van der Waals surface area contributed by atoms with E-state index >= 15 is 0 Å². The number of aromatic nitrogens is 2. The fraction of sp³-hybridized carbons (Fsp3) is 0.292. The van der Waals surface area contributed by atoms with Crippen LogP contribution in [0.4, 0.5) is 11.4 Å². The molecule has 9 heteroatoms. The molecule has 1 heterocycles. The minimum atomic E-state index is -0.476. The second-order valence-electron chi connectivity index (χ2n) is 7.92. The Labute approximate surface area is 192 Å². The molecule has 3 aromatic rings. The number of aryl methyl sites for hydroxylation is 1. The minimum absolute atomic E-state index is 0.0755. The number of amides is 2. The Hall–Kier alpha value is -4.01. The Kier molecular flexibility index (Phi) is 7.22. The van der Waals surface area contributed by atoms with Crippen molar-refractivity contribution in [3.8, 4) is 0 Å². The maximum atomic E-state index is 13.5. The first-order valence-corrected chi connectivity index (χ1v) is 10.6. The summed E-state index contributed by atoms with van der Waals surface area (Å²) in [5.74, 6) is -0.403. The summed E-state index contributed by atoms with van der Waals surface area (Å²) in [4.78, 5) is 37.5. The summed E-state index contributed by atoms with van der Waals surface area (Å²) in [5.41, 5.74) is 2.99. The molecule has 0 fully saturated rings. The maximum absolute atomic E-state index is 13.5. The first-order valence-electron chi connectivity index (χ1n) is 10.6. The van der Waals surface area contributed by atoms with Crippen molar-refractivity contribution < 1.29 is 14.5 Å². The largest absolute Gasteiger partial charge is 0.330 e. The molecule has 3 rings (SSSR count). The zero-order valence-electron chi connectivity index (χ0n) is 19.1. The number of nitro groups is 1. The molecular weight excluding hydrogens is 422 g/mol. The van der Waals surface area contributed by atoms with E-state index in [1.165, 1.54) is 11.6 Å². The van der Waals surface area contributed by atoms with Crippen molar-refractivity contribution >= 4 is 23.2 Å². The van der Waals surface area contributed by atoms with Crippen LogP contribution >= 0.6 is 0 Å². The van der Waals surface area contributed by atoms with Crippen molar-refractivity contribution in [3.05, 3.63) is 87.2 Å². The van der Waals surface area contributed by atoms with Crippen molar-refractivity contribution in [1.82, 2.24) is 14.7 Å². The number of rotatable bonds is 8. The second-order valence-corrected chi connectivity index (χ2v) is 7.92. The highest BCUT2D eigenvalue weighted by Crippen LogP contribution is 2.27. The zero-order valence-corrected chi connectivity index (χ0v) is 19.1. The number of nitrogens with one attached hydrogen (secondary N) is 1. The lowest BCUT2D eigenvalue weighted by atomic mass is 10.0. The van der Waals surface area contributed by atoms with Crippen LogP contribution in [0.25, 0.3) is 0 Å². The van der Waals surface area contributed by atoms with Gasteiger partial charge >= 0.3 is 5.69 Å². The van der Waals surface area contributed by atoms with Crippen molar-refractivity contribution in [3.63, 3.8) is 0 Å². The second kappa shape index (κ2) is 10.1. The molecule has 0 aliphatic carbocycles. The van der Waals surface area contributed by atoms with Gasteiger partial charge in [0.05, 0.1) is 11.0 Å². The van der Waals surface area contributed by atoms with Crippen molar-refractivity contribution in [2.45, 2.75) is 46.8 Å². The molecule has 9 nitrogen and oxygen atoms in total. The van der Waals surface area contributed by atoms with E-state index in [1.807, 2.05) is 55.5 Å². The zero-order chi connectivity index (χ0) is 24.1. The quantitative estimate of drug-likeness (QED) is 0.410. The Bertz CT molecular complexity index is 1170. The van der Waals surface area contributed by atoms with E-state index in [2.05, 4.69) is 10.4 Å². The molecule has 0 radical (unpaired) electrons. The molecule has 172 valence electrons. The average molecular weight is 450 g/mol. The summed E-state index contributed by atoms with van der Waals surface area (Å²) in [5, 5.41) is 18.3. The normalized spacial score (nSPS) is 11.6. The number of anilines is 1. The van der Waals surface area contributed by atoms with E-state index in [4.69, 9.17) is 0 Å². The van der Waals surface area contributed by atoms with E-state index in [0.29, 0.717) is 17.9 Å². The van der Waals surface area contributed by atoms with Gasteiger partial charge in [-0.3, -0.25) is 24.4 Å². The topological polar surface area (TPSA) is 110 Å². The lowest BCUT2D eigenvalue weighted by molar-refractivity contribution is -0.386. The molecular formula is C24H27N5O4. The fourth-order valence-corrected chi connectivity index (χ4v) is 3.81. The summed E-state index contributed by atoms with van der Waals surface area (Å²) < 4.78 is 1.38. The molecule has 0 saturated carbocycles. The van der Waals surface area contributed by atoms with Crippen LogP contribution in [0.1, 0.15) is 42.4 Å². The highest BCUT2D eigenvalue weighted by atomic mass is 16.6. The van der Waals surface area contributed by atoms with E-state index in [-0.39, 0.29) is 35.8 Å². The molecule has 1 atom stereocenters. The Morgan fingerprint density at radius 3 is 2.45 bits per heavy atom. The standard InChI is InChI=1S/C24H27N5O4/c1-16-24(29(32)33)18(3)28(26-16)15-23(31)27(14-20-9-6-5-7-10-20)17(2)21-11-8-12-22(13-21)25-19(4)30/h5-13,17H,14-15H2,1-4H3,(H,25,30). The fourth-order valence-electron chi connectivity index (χ4n) is 3.81. The van der Waals surface area contributed by atoms with Gasteiger partial charge in [0.2, 0.25) is 11.8 Å². The predicted octanol–water partition coefficient (Wildman–Crippen LogP) is 4.16. The van der Waals surface area contributed by atoms with Crippen LogP contribution in [0.15, 0.2) is 54.6 Å². The van der Waals surface area contributed by atoms with Crippen LogP contribution in [0.2, 0.25) is 0 Å². The van der Waals surface area contributed by atoms with E-state index in [9.17, 15) is 19.7 Å². The maximum Gasteiger partial charge on any atom is 0.312 e. The molecule has 0 spiro atoms. The molecule has 1 N–H and O–H groups in total. The summed E-state index contributed by atoms with van der Waals surface area (Å²) in [6.45, 7) is 6.74. The Morgan fingerprint density at radius 1 is 1.15 bits per heavy atom. The van der Waals surface area contributed by atoms with Gasteiger partial charge in [-0.05, 0) is 44.0 Å². The van der Waals surface area contributed by atoms with E-state index in [1.54, 1.807) is 24.8 Å². The SMILES string of the molecule is CC(=O)Nc1cccc(C(C)N(Cc2ccccc2)C(=O)Cn2nc(C)c([N+](=O)[O-])c2C)c1. The molecule has 0 aliphatic rings. The van der Waals surface area contributed by atoms with Crippen LogP contribution in [0, 0.1) is 24.0 Å². The van der Waals surface area contributed by atoms with Crippen LogP contribution in [0.5, 0.6) is 0 Å². The first-order chi connectivity index (χ1) is 15.7. The highest BCUT2D eigenvalue weighted by molar-refractivity contribution is 5.88.